The summed E-state index contributed by atoms with van der Waals surface area (Å²) in [5.41, 5.74) is 27.8. The molecule has 0 spiro atoms. The molecule has 4 atom stereocenters. The molecule has 5 aromatic heterocycles. The fraction of sp³-hybridized carbons (Fsp3) is 0.125. The van der Waals surface area contributed by atoms with Crippen molar-refractivity contribution in [3.8, 4) is 112 Å². The molecule has 0 aliphatic heterocycles. The molecule has 5 heterocycles. The minimum atomic E-state index is 0. The monoisotopic (exact) mass is 1690 g/mol. The number of nitrogens with zero attached hydrogens (tertiary/aromatic N) is 6. The minimum absolute atomic E-state index is 0. The van der Waals surface area contributed by atoms with Crippen LogP contribution in [0.3, 0.4) is 0 Å². The Hall–Kier alpha value is -10.8. The van der Waals surface area contributed by atoms with Gasteiger partial charge in [0, 0.05) is 37.2 Å². The molecule has 2 aliphatic rings. The van der Waals surface area contributed by atoms with E-state index in [9.17, 15) is 0 Å². The number of hydrogen-bond donors (Lipinski definition) is 0. The van der Waals surface area contributed by atoms with Crippen molar-refractivity contribution in [1.82, 2.24) is 29.9 Å². The van der Waals surface area contributed by atoms with E-state index in [2.05, 4.69) is 273 Å². The van der Waals surface area contributed by atoms with Crippen molar-refractivity contribution < 1.29 is 40.2 Å². The largest absolute Gasteiger partial charge is 3.00 e. The zero-order chi connectivity index (χ0) is 68.2. The summed E-state index contributed by atoms with van der Waals surface area (Å²) >= 11 is 0. The Morgan fingerprint density at radius 1 is 0.231 bits per heavy atom. The fourth-order valence-corrected chi connectivity index (χ4v) is 15.6. The van der Waals surface area contributed by atoms with Gasteiger partial charge in [0.15, 0.2) is 0 Å². The molecule has 2 aliphatic carbocycles. The number of pyridine rings is 4. The SMILES string of the molecule is [Ir+3].[Ir+3].[c-]1cc(-c2ccccc2C2CC(c3ccccc3-c3c[c-]c(-c4ccccn4)cc3)CC(c3ccccc3-c3c[c-]c(-c4ccccn4)cc3)C2)c[c-]c1-c1ncccn1.[c-]1cc(-c2ccccc2C2CCCC(c3ccccc3-c3c[c-]c(-c4ccccn4)cc3)C2)ccc1-c1ccccn1. The van der Waals surface area contributed by atoms with Crippen LogP contribution in [0.5, 0.6) is 0 Å². The zero-order valence-corrected chi connectivity index (χ0v) is 62.1. The minimum Gasteiger partial charge on any atom is -0.333 e. The smallest absolute Gasteiger partial charge is 0.333 e. The van der Waals surface area contributed by atoms with Crippen LogP contribution in [-0.2, 0) is 40.2 Å². The van der Waals surface area contributed by atoms with Gasteiger partial charge in [0.05, 0.1) is 0 Å². The predicted molar refractivity (Wildman–Crippen MR) is 412 cm³/mol. The standard InChI is InChI=1S/C56H40N4.C40H32N2.2Ir/c1-4-15-51(48(12-1)39-20-26-42(27-21-39)54-18-7-9-32-57-54)45-36-46(52-16-5-2-13-49(52)40-22-28-43(29-23-40)55-19-8-10-33-58-55)38-47(37-45)53-17-6-3-14-50(53)41-24-30-44(31-25-41)56-59-34-11-35-60-56;1-3-14-37(35(12-1)29-18-22-31(23-19-29)39-16-5-7-26-41-39)33-10-9-11-34(28-33)38-15-4-2-13-36(38)30-20-24-32(25-21-30)40-17-6-8-27-42-40;;/h1-26,28,32-35,45-47H,36-38H2;1-8,12-22,24,26-27,33-34H,9-11,28H2;;/q-4;-2;2*+3. The second kappa shape index (κ2) is 33.5. The number of rotatable bonds is 15. The number of hydrogen-bond acceptors (Lipinski definition) is 6. The molecule has 504 valence electrons. The first kappa shape index (κ1) is 70.2. The first-order chi connectivity index (χ1) is 50.6. The molecular weight excluding hydrogens is 1620 g/mol. The van der Waals surface area contributed by atoms with Crippen molar-refractivity contribution in [2.45, 2.75) is 74.5 Å². The van der Waals surface area contributed by atoms with Gasteiger partial charge in [-0.05, 0) is 149 Å². The van der Waals surface area contributed by atoms with Gasteiger partial charge in [-0.3, -0.25) is 12.1 Å². The summed E-state index contributed by atoms with van der Waals surface area (Å²) < 4.78 is 0. The van der Waals surface area contributed by atoms with Gasteiger partial charge in [-0.1, -0.05) is 232 Å². The van der Waals surface area contributed by atoms with E-state index in [-0.39, 0.29) is 40.2 Å². The maximum absolute atomic E-state index is 4.57. The molecule has 15 aromatic rings. The van der Waals surface area contributed by atoms with Gasteiger partial charge in [-0.15, -0.1) is 119 Å². The van der Waals surface area contributed by atoms with Gasteiger partial charge in [-0.2, -0.15) is 5.56 Å². The van der Waals surface area contributed by atoms with E-state index in [1.54, 1.807) is 12.4 Å². The fourth-order valence-electron chi connectivity index (χ4n) is 15.6. The molecule has 0 radical (unpaired) electrons. The molecule has 2 saturated carbocycles. The number of aromatic nitrogens is 6. The Kier molecular flexibility index (Phi) is 22.6. The normalized spacial score (nSPS) is 16.1. The van der Waals surface area contributed by atoms with Crippen LogP contribution >= 0.6 is 0 Å². The summed E-state index contributed by atoms with van der Waals surface area (Å²) in [6.07, 6.45) is 18.7. The molecule has 17 rings (SSSR count). The molecule has 8 heteroatoms. The summed E-state index contributed by atoms with van der Waals surface area (Å²) in [5, 5.41) is 0. The van der Waals surface area contributed by atoms with Crippen LogP contribution in [0.15, 0.2) is 322 Å². The third kappa shape index (κ3) is 15.9. The van der Waals surface area contributed by atoms with Gasteiger partial charge in [-0.25, -0.2) is 17.7 Å². The van der Waals surface area contributed by atoms with Gasteiger partial charge < -0.3 is 29.9 Å². The predicted octanol–water partition coefficient (Wildman–Crippen LogP) is 23.5. The van der Waals surface area contributed by atoms with Crippen LogP contribution in [0.2, 0.25) is 0 Å². The summed E-state index contributed by atoms with van der Waals surface area (Å²) in [6.45, 7) is 0. The Bertz CT molecular complexity index is 4790. The average Bonchev–Trinajstić information content (AvgIpc) is 0.780. The van der Waals surface area contributed by atoms with E-state index in [1.165, 1.54) is 97.2 Å². The van der Waals surface area contributed by atoms with Crippen molar-refractivity contribution in [1.29, 1.82) is 0 Å². The first-order valence-electron chi connectivity index (χ1n) is 35.5. The molecule has 0 amide bonds. The van der Waals surface area contributed by atoms with E-state index < -0.39 is 0 Å². The van der Waals surface area contributed by atoms with Crippen LogP contribution in [0, 0.1) is 36.4 Å². The average molecular weight is 1690 g/mol. The van der Waals surface area contributed by atoms with Gasteiger partial charge >= 0.3 is 40.2 Å². The molecule has 10 aromatic carbocycles. The molecule has 0 bridgehead atoms. The van der Waals surface area contributed by atoms with Crippen molar-refractivity contribution in [3.05, 3.63) is 387 Å². The summed E-state index contributed by atoms with van der Waals surface area (Å²) in [6, 6.07) is 122. The molecule has 104 heavy (non-hydrogen) atoms. The van der Waals surface area contributed by atoms with Crippen molar-refractivity contribution in [2.75, 3.05) is 0 Å². The van der Waals surface area contributed by atoms with Crippen LogP contribution in [-0.4, -0.2) is 29.9 Å². The van der Waals surface area contributed by atoms with E-state index in [0.717, 1.165) is 81.8 Å². The third-order valence-electron chi connectivity index (χ3n) is 20.5. The van der Waals surface area contributed by atoms with Crippen LogP contribution in [0.4, 0.5) is 0 Å². The van der Waals surface area contributed by atoms with E-state index in [0.29, 0.717) is 35.4 Å². The molecule has 2 fully saturated rings. The third-order valence-corrected chi connectivity index (χ3v) is 20.5. The molecular formula is C96H72Ir2N6. The Balaban J connectivity index is 0.000000183. The maximum Gasteiger partial charge on any atom is 3.00 e. The summed E-state index contributed by atoms with van der Waals surface area (Å²) in [4.78, 5) is 27.0. The summed E-state index contributed by atoms with van der Waals surface area (Å²) in [5.74, 6) is 2.55. The van der Waals surface area contributed by atoms with Gasteiger partial charge in [0.2, 0.25) is 0 Å². The van der Waals surface area contributed by atoms with Gasteiger partial charge in [0.1, 0.15) is 0 Å². The molecule has 0 N–H and O–H groups in total. The van der Waals surface area contributed by atoms with Crippen molar-refractivity contribution in [2.24, 2.45) is 0 Å². The number of benzene rings is 10. The maximum atomic E-state index is 4.57. The zero-order valence-electron chi connectivity index (χ0n) is 57.3. The topological polar surface area (TPSA) is 77.3 Å². The quantitative estimate of drug-likeness (QED) is 0.0952. The second-order valence-electron chi connectivity index (χ2n) is 26.6. The Labute approximate surface area is 638 Å². The van der Waals surface area contributed by atoms with Crippen LogP contribution < -0.4 is 0 Å². The molecule has 0 saturated heterocycles. The van der Waals surface area contributed by atoms with Crippen LogP contribution in [0.1, 0.15) is 102 Å². The second-order valence-corrected chi connectivity index (χ2v) is 26.6. The first-order valence-corrected chi connectivity index (χ1v) is 35.5. The van der Waals surface area contributed by atoms with Gasteiger partial charge in [0.25, 0.3) is 0 Å². The van der Waals surface area contributed by atoms with Crippen molar-refractivity contribution in [3.63, 3.8) is 0 Å². The Morgan fingerprint density at radius 3 is 0.779 bits per heavy atom. The molecule has 4 unspecified atom stereocenters. The Morgan fingerprint density at radius 2 is 0.490 bits per heavy atom. The molecule has 6 nitrogen and oxygen atoms in total. The van der Waals surface area contributed by atoms with E-state index in [1.807, 2.05) is 104 Å². The van der Waals surface area contributed by atoms with E-state index in [4.69, 9.17) is 0 Å². The van der Waals surface area contributed by atoms with Crippen molar-refractivity contribution >= 4 is 0 Å². The summed E-state index contributed by atoms with van der Waals surface area (Å²) in [7, 11) is 0. The van der Waals surface area contributed by atoms with Crippen LogP contribution in [0.25, 0.3) is 112 Å². The van der Waals surface area contributed by atoms with E-state index >= 15 is 0 Å².